The van der Waals surface area contributed by atoms with Crippen molar-refractivity contribution >= 4 is 46.4 Å². The maximum Gasteiger partial charge on any atom is 0.268 e. The third kappa shape index (κ3) is 4.52. The van der Waals surface area contributed by atoms with E-state index in [1.807, 2.05) is 54.6 Å². The lowest BCUT2D eigenvalue weighted by Gasteiger charge is -2.13. The van der Waals surface area contributed by atoms with Crippen molar-refractivity contribution in [3.8, 4) is 28.7 Å². The molecule has 1 saturated carbocycles. The number of aromatic nitrogens is 4. The van der Waals surface area contributed by atoms with Gasteiger partial charge in [-0.15, -0.1) is 10.2 Å². The summed E-state index contributed by atoms with van der Waals surface area (Å²) < 4.78 is 8.45. The SMILES string of the molecule is CCCc1c(-c2nnc(C3(c4ccc(Cl)cc4)CC3)o2)nc(-c2ccc(Cl)cc2Cl)n1-c1ccc(Cl)cc1. The average molecular weight is 584 g/mol. The van der Waals surface area contributed by atoms with Crippen molar-refractivity contribution in [2.24, 2.45) is 0 Å². The van der Waals surface area contributed by atoms with E-state index in [1.165, 1.54) is 0 Å². The zero-order valence-electron chi connectivity index (χ0n) is 20.4. The number of hydrogen-bond acceptors (Lipinski definition) is 4. The van der Waals surface area contributed by atoms with Crippen LogP contribution in [-0.2, 0) is 11.8 Å². The zero-order chi connectivity index (χ0) is 26.4. The molecule has 2 heterocycles. The number of imidazole rings is 1. The van der Waals surface area contributed by atoms with Crippen LogP contribution >= 0.6 is 46.4 Å². The van der Waals surface area contributed by atoms with Crippen LogP contribution in [0.1, 0.15) is 43.3 Å². The molecule has 5 nitrogen and oxygen atoms in total. The Morgan fingerprint density at radius 2 is 1.50 bits per heavy atom. The Balaban J connectivity index is 1.52. The first kappa shape index (κ1) is 25.4. The van der Waals surface area contributed by atoms with E-state index in [-0.39, 0.29) is 5.41 Å². The van der Waals surface area contributed by atoms with Gasteiger partial charge in [0.25, 0.3) is 5.89 Å². The van der Waals surface area contributed by atoms with Gasteiger partial charge in [0.2, 0.25) is 5.89 Å². The predicted octanol–water partition coefficient (Wildman–Crippen LogP) is 9.24. The Morgan fingerprint density at radius 1 is 0.842 bits per heavy atom. The van der Waals surface area contributed by atoms with Crippen LogP contribution in [0.25, 0.3) is 28.7 Å². The van der Waals surface area contributed by atoms with Crippen molar-refractivity contribution in [3.63, 3.8) is 0 Å². The fourth-order valence-corrected chi connectivity index (χ4v) is 5.59. The zero-order valence-corrected chi connectivity index (χ0v) is 23.4. The molecule has 1 aliphatic carbocycles. The van der Waals surface area contributed by atoms with Crippen molar-refractivity contribution in [3.05, 3.63) is 104 Å². The molecule has 0 aliphatic heterocycles. The second-order valence-corrected chi connectivity index (χ2v) is 11.1. The molecular weight excluding hydrogens is 562 g/mol. The Bertz CT molecular complexity index is 1620. The van der Waals surface area contributed by atoms with Crippen molar-refractivity contribution in [1.82, 2.24) is 19.7 Å². The number of nitrogens with zero attached hydrogens (tertiary/aromatic N) is 4. The molecule has 0 radical (unpaired) electrons. The number of rotatable bonds is 7. The second kappa shape index (κ2) is 10.0. The van der Waals surface area contributed by atoms with Crippen molar-refractivity contribution in [2.75, 3.05) is 0 Å². The normalized spacial score (nSPS) is 14.1. The van der Waals surface area contributed by atoms with Gasteiger partial charge in [-0.2, -0.15) is 0 Å². The first-order valence-electron chi connectivity index (χ1n) is 12.3. The van der Waals surface area contributed by atoms with Crippen LogP contribution in [0, 0.1) is 0 Å². The van der Waals surface area contributed by atoms with Gasteiger partial charge in [-0.05, 0) is 79.4 Å². The molecule has 0 atom stereocenters. The molecule has 0 saturated heterocycles. The quantitative estimate of drug-likeness (QED) is 0.191. The fraction of sp³-hybridized carbons (Fsp3) is 0.207. The summed E-state index contributed by atoms with van der Waals surface area (Å²) in [4.78, 5) is 5.05. The molecule has 0 spiro atoms. The summed E-state index contributed by atoms with van der Waals surface area (Å²) in [6.45, 7) is 2.12. The topological polar surface area (TPSA) is 56.7 Å². The van der Waals surface area contributed by atoms with Crippen LogP contribution in [-0.4, -0.2) is 19.7 Å². The largest absolute Gasteiger partial charge is 0.418 e. The minimum Gasteiger partial charge on any atom is -0.418 e. The monoisotopic (exact) mass is 582 g/mol. The summed E-state index contributed by atoms with van der Waals surface area (Å²) in [5.74, 6) is 1.62. The first-order valence-corrected chi connectivity index (χ1v) is 13.8. The summed E-state index contributed by atoms with van der Waals surface area (Å²) >= 11 is 25.2. The Kier molecular flexibility index (Phi) is 6.73. The maximum absolute atomic E-state index is 6.66. The van der Waals surface area contributed by atoms with E-state index in [2.05, 4.69) is 21.7 Å². The highest BCUT2D eigenvalue weighted by Gasteiger charge is 2.51. The summed E-state index contributed by atoms with van der Waals surface area (Å²) in [6.07, 6.45) is 3.48. The van der Waals surface area contributed by atoms with Gasteiger partial charge in [-0.3, -0.25) is 4.57 Å². The summed E-state index contributed by atoms with van der Waals surface area (Å²) in [5.41, 5.74) is 4.05. The fourth-order valence-electron chi connectivity index (χ4n) is 4.84. The van der Waals surface area contributed by atoms with Gasteiger partial charge >= 0.3 is 0 Å². The highest BCUT2D eigenvalue weighted by Crippen LogP contribution is 2.53. The standard InChI is InChI=1S/C29H22Cl4N4O/c1-2-3-24-25(27-35-36-28(38-27)29(14-15-29)17-4-6-18(30)7-5-17)34-26(22-13-10-20(32)16-23(22)33)37(24)21-11-8-19(31)9-12-21/h4-13,16H,2-3,14-15H2,1H3. The average Bonchev–Trinajstić information content (AvgIpc) is 3.41. The van der Waals surface area contributed by atoms with Gasteiger partial charge < -0.3 is 4.42 Å². The summed E-state index contributed by atoms with van der Waals surface area (Å²) in [6, 6.07) is 20.8. The van der Waals surface area contributed by atoms with Gasteiger partial charge in [-0.25, -0.2) is 4.98 Å². The van der Waals surface area contributed by atoms with Gasteiger partial charge in [0.1, 0.15) is 11.5 Å². The minimum atomic E-state index is -0.290. The van der Waals surface area contributed by atoms with E-state index in [4.69, 9.17) is 55.8 Å². The molecule has 1 fully saturated rings. The molecule has 3 aromatic carbocycles. The van der Waals surface area contributed by atoms with E-state index < -0.39 is 0 Å². The van der Waals surface area contributed by atoms with Crippen LogP contribution < -0.4 is 0 Å². The molecule has 1 aliphatic rings. The number of hydrogen-bond donors (Lipinski definition) is 0. The van der Waals surface area contributed by atoms with E-state index in [0.717, 1.165) is 48.2 Å². The molecular formula is C29H22Cl4N4O. The smallest absolute Gasteiger partial charge is 0.268 e. The van der Waals surface area contributed by atoms with Gasteiger partial charge in [-0.1, -0.05) is 71.9 Å². The van der Waals surface area contributed by atoms with Crippen molar-refractivity contribution in [2.45, 2.75) is 38.0 Å². The van der Waals surface area contributed by atoms with Crippen LogP contribution in [0.2, 0.25) is 20.1 Å². The lowest BCUT2D eigenvalue weighted by molar-refractivity contribution is 0.470. The lowest BCUT2D eigenvalue weighted by atomic mass is 9.96. The van der Waals surface area contributed by atoms with Crippen molar-refractivity contribution in [1.29, 1.82) is 0 Å². The molecule has 38 heavy (non-hydrogen) atoms. The van der Waals surface area contributed by atoms with Gasteiger partial charge in [0, 0.05) is 26.3 Å². The third-order valence-electron chi connectivity index (χ3n) is 6.90. The Hall–Kier alpha value is -2.83. The molecule has 9 heteroatoms. The first-order chi connectivity index (χ1) is 18.4. The second-order valence-electron chi connectivity index (χ2n) is 9.42. The lowest BCUT2D eigenvalue weighted by Crippen LogP contribution is -2.08. The van der Waals surface area contributed by atoms with Crippen LogP contribution in [0.15, 0.2) is 71.1 Å². The van der Waals surface area contributed by atoms with Crippen LogP contribution in [0.4, 0.5) is 0 Å². The summed E-state index contributed by atoms with van der Waals surface area (Å²) in [7, 11) is 0. The number of halogens is 4. The molecule has 2 aromatic heterocycles. The minimum absolute atomic E-state index is 0.290. The van der Waals surface area contributed by atoms with Gasteiger partial charge in [0.15, 0.2) is 0 Å². The third-order valence-corrected chi connectivity index (χ3v) is 7.95. The molecule has 5 aromatic rings. The van der Waals surface area contributed by atoms with Crippen molar-refractivity contribution < 1.29 is 4.42 Å². The maximum atomic E-state index is 6.66. The predicted molar refractivity (Wildman–Crippen MR) is 153 cm³/mol. The van der Waals surface area contributed by atoms with Crippen LogP contribution in [0.5, 0.6) is 0 Å². The molecule has 0 bridgehead atoms. The number of benzene rings is 3. The van der Waals surface area contributed by atoms with E-state index >= 15 is 0 Å². The Morgan fingerprint density at radius 3 is 2.13 bits per heavy atom. The van der Waals surface area contributed by atoms with E-state index in [0.29, 0.717) is 43.4 Å². The van der Waals surface area contributed by atoms with E-state index in [1.54, 1.807) is 12.1 Å². The molecule has 0 unspecified atom stereocenters. The molecule has 6 rings (SSSR count). The molecule has 0 N–H and O–H groups in total. The Labute approximate surface area is 240 Å². The molecule has 0 amide bonds. The highest BCUT2D eigenvalue weighted by atomic mass is 35.5. The summed E-state index contributed by atoms with van der Waals surface area (Å²) in [5, 5.41) is 11.4. The van der Waals surface area contributed by atoms with Crippen LogP contribution in [0.3, 0.4) is 0 Å². The highest BCUT2D eigenvalue weighted by molar-refractivity contribution is 6.36. The molecule has 192 valence electrons. The van der Waals surface area contributed by atoms with E-state index in [9.17, 15) is 0 Å². The van der Waals surface area contributed by atoms with Gasteiger partial charge in [0.05, 0.1) is 16.1 Å².